The van der Waals surface area contributed by atoms with Crippen molar-refractivity contribution in [3.05, 3.63) is 0 Å². The Morgan fingerprint density at radius 2 is 2.00 bits per heavy atom. The smallest absolute Gasteiger partial charge is 0.179 e. The van der Waals surface area contributed by atoms with Crippen molar-refractivity contribution in [2.75, 3.05) is 13.7 Å². The topological polar surface area (TPSA) is 15.7 Å². The highest BCUT2D eigenvalue weighted by molar-refractivity contribution is 6.31. The van der Waals surface area contributed by atoms with Gasteiger partial charge in [0.1, 0.15) is 0 Å². The van der Waals surface area contributed by atoms with Crippen molar-refractivity contribution in [3.63, 3.8) is 0 Å². The summed E-state index contributed by atoms with van der Waals surface area (Å²) in [6.07, 6.45) is 7.45. The van der Waals surface area contributed by atoms with Crippen molar-refractivity contribution < 1.29 is 4.74 Å². The molecule has 3 nitrogen and oxygen atoms in total. The summed E-state index contributed by atoms with van der Waals surface area (Å²) >= 11 is 0. The Hall–Kier alpha value is 0.0969. The van der Waals surface area contributed by atoms with Crippen LogP contribution in [0.15, 0.2) is 0 Å². The average Bonchev–Trinajstić information content (AvgIpc) is 2.24. The maximum absolute atomic E-state index is 5.74. The Balaban J connectivity index is 1.84. The van der Waals surface area contributed by atoms with E-state index in [1.54, 1.807) is 0 Å². The van der Waals surface area contributed by atoms with E-state index < -0.39 is 0 Å². The number of nitrogens with zero attached hydrogens (tertiary/aromatic N) is 2. The fourth-order valence-corrected chi connectivity index (χ4v) is 4.42. The van der Waals surface area contributed by atoms with E-state index in [0.717, 1.165) is 12.6 Å². The predicted molar refractivity (Wildman–Crippen MR) is 60.4 cm³/mol. The molecule has 1 heterocycles. The molecule has 1 atom stereocenters. The van der Waals surface area contributed by atoms with Gasteiger partial charge in [-0.3, -0.25) is 9.13 Å². The molecule has 4 heteroatoms. The molecule has 2 fully saturated rings. The zero-order valence-electron chi connectivity index (χ0n) is 9.41. The Morgan fingerprint density at radius 1 is 1.29 bits per heavy atom. The minimum atomic E-state index is -0.128. The quantitative estimate of drug-likeness (QED) is 0.649. The molecule has 0 aromatic rings. The van der Waals surface area contributed by atoms with Gasteiger partial charge in [0, 0.05) is 12.6 Å². The van der Waals surface area contributed by atoms with Gasteiger partial charge in [-0.1, -0.05) is 19.3 Å². The maximum Gasteiger partial charge on any atom is 0.179 e. The van der Waals surface area contributed by atoms with E-state index in [2.05, 4.69) is 23.1 Å². The molecule has 1 aliphatic heterocycles. The van der Waals surface area contributed by atoms with E-state index in [-0.39, 0.29) is 9.84 Å². The average molecular weight is 214 g/mol. The Labute approximate surface area is 89.4 Å². The summed E-state index contributed by atoms with van der Waals surface area (Å²) in [4.78, 5) is 0. The van der Waals surface area contributed by atoms with E-state index in [4.69, 9.17) is 4.74 Å². The molecule has 0 bridgehead atoms. The van der Waals surface area contributed by atoms with Crippen LogP contribution >= 0.6 is 0 Å². The normalized spacial score (nSPS) is 33.4. The van der Waals surface area contributed by atoms with Gasteiger partial charge in [0.15, 0.2) is 16.2 Å². The third kappa shape index (κ3) is 2.03. The molecule has 0 aromatic heterocycles. The van der Waals surface area contributed by atoms with Crippen molar-refractivity contribution in [1.82, 2.24) is 9.13 Å². The highest BCUT2D eigenvalue weighted by Crippen LogP contribution is 2.28. The molecule has 14 heavy (non-hydrogen) atoms. The van der Waals surface area contributed by atoms with Crippen molar-refractivity contribution >= 4 is 9.84 Å². The van der Waals surface area contributed by atoms with Crippen LogP contribution in [0.1, 0.15) is 39.0 Å². The summed E-state index contributed by atoms with van der Waals surface area (Å²) in [6, 6.07) is 0.850. The summed E-state index contributed by atoms with van der Waals surface area (Å²) in [5, 5.41) is 0. The molecule has 2 aliphatic rings. The van der Waals surface area contributed by atoms with Gasteiger partial charge in [-0.15, -0.1) is 0 Å². The lowest BCUT2D eigenvalue weighted by Gasteiger charge is -2.52. The molecule has 1 unspecified atom stereocenters. The Kier molecular flexibility index (Phi) is 3.60. The highest BCUT2D eigenvalue weighted by Gasteiger charge is 2.39. The summed E-state index contributed by atoms with van der Waals surface area (Å²) < 4.78 is 10.8. The van der Waals surface area contributed by atoms with Gasteiger partial charge in [0.05, 0.1) is 0 Å². The molecule has 1 saturated carbocycles. The monoisotopic (exact) mass is 214 g/mol. The van der Waals surface area contributed by atoms with Gasteiger partial charge in [0.2, 0.25) is 0 Å². The molecule has 0 aromatic carbocycles. The third-order valence-corrected chi connectivity index (χ3v) is 5.32. The van der Waals surface area contributed by atoms with Crippen molar-refractivity contribution in [3.8, 4) is 0 Å². The zero-order chi connectivity index (χ0) is 9.97. The van der Waals surface area contributed by atoms with E-state index >= 15 is 0 Å². The van der Waals surface area contributed by atoms with E-state index in [1.165, 1.54) is 32.1 Å². The van der Waals surface area contributed by atoms with Crippen LogP contribution in [0.2, 0.25) is 0 Å². The SMILES string of the molecule is CCOC1N(C)[SiH2]N1C1CCCCC1. The molecular weight excluding hydrogens is 192 g/mol. The van der Waals surface area contributed by atoms with Gasteiger partial charge in [-0.2, -0.15) is 0 Å². The minimum absolute atomic E-state index is 0.128. The first-order valence-electron chi connectivity index (χ1n) is 5.90. The van der Waals surface area contributed by atoms with Crippen molar-refractivity contribution in [1.29, 1.82) is 0 Å². The number of hydrogen-bond donors (Lipinski definition) is 0. The van der Waals surface area contributed by atoms with Crippen molar-refractivity contribution in [2.45, 2.75) is 51.4 Å². The summed E-state index contributed by atoms with van der Waals surface area (Å²) in [6.45, 7) is 2.93. The van der Waals surface area contributed by atoms with Gasteiger partial charge in [0.25, 0.3) is 0 Å². The van der Waals surface area contributed by atoms with Crippen LogP contribution in [0.3, 0.4) is 0 Å². The number of hydrogen-bond acceptors (Lipinski definition) is 3. The number of rotatable bonds is 3. The van der Waals surface area contributed by atoms with Gasteiger partial charge in [-0.25, -0.2) is 0 Å². The van der Waals surface area contributed by atoms with Crippen molar-refractivity contribution in [2.24, 2.45) is 0 Å². The maximum atomic E-state index is 5.74. The predicted octanol–water partition coefficient (Wildman–Crippen LogP) is 0.885. The lowest BCUT2D eigenvalue weighted by atomic mass is 9.95. The molecular formula is C10H22N2OSi. The van der Waals surface area contributed by atoms with E-state index in [1.807, 2.05) is 0 Å². The van der Waals surface area contributed by atoms with Crippen LogP contribution < -0.4 is 0 Å². The largest absolute Gasteiger partial charge is 0.351 e. The summed E-state index contributed by atoms with van der Waals surface area (Å²) in [7, 11) is 2.07. The lowest BCUT2D eigenvalue weighted by Crippen LogP contribution is -2.69. The third-order valence-electron chi connectivity index (χ3n) is 3.41. The van der Waals surface area contributed by atoms with Crippen LogP contribution in [-0.4, -0.2) is 45.0 Å². The second-order valence-corrected chi connectivity index (χ2v) is 6.50. The molecule has 1 saturated heterocycles. The first-order valence-corrected chi connectivity index (χ1v) is 7.17. The molecule has 0 N–H and O–H groups in total. The fraction of sp³-hybridized carbons (Fsp3) is 1.00. The van der Waals surface area contributed by atoms with Gasteiger partial charge < -0.3 is 4.74 Å². The van der Waals surface area contributed by atoms with E-state index in [0.29, 0.717) is 6.35 Å². The molecule has 0 spiro atoms. The second kappa shape index (κ2) is 4.75. The molecule has 1 aliphatic carbocycles. The zero-order valence-corrected chi connectivity index (χ0v) is 10.8. The molecule has 0 radical (unpaired) electrons. The molecule has 2 rings (SSSR count). The standard InChI is InChI=1S/C10H22N2OSi/c1-3-13-10-11(2)14-12(10)9-7-5-4-6-8-9/h9-10H,3-8,14H2,1-2H3. The first-order chi connectivity index (χ1) is 6.83. The van der Waals surface area contributed by atoms with Gasteiger partial charge >= 0.3 is 0 Å². The number of ether oxygens (including phenoxy) is 1. The van der Waals surface area contributed by atoms with Crippen LogP contribution in [0.4, 0.5) is 0 Å². The van der Waals surface area contributed by atoms with Crippen LogP contribution in [0.25, 0.3) is 0 Å². The fourth-order valence-electron chi connectivity index (χ4n) is 2.63. The first kappa shape index (κ1) is 10.6. The van der Waals surface area contributed by atoms with Crippen LogP contribution in [0.5, 0.6) is 0 Å². The molecule has 0 amide bonds. The summed E-state index contributed by atoms with van der Waals surface area (Å²) in [5.74, 6) is 0. The van der Waals surface area contributed by atoms with Crippen LogP contribution in [-0.2, 0) is 4.74 Å². The summed E-state index contributed by atoms with van der Waals surface area (Å²) in [5.41, 5.74) is 0. The molecule has 82 valence electrons. The van der Waals surface area contributed by atoms with E-state index in [9.17, 15) is 0 Å². The second-order valence-electron chi connectivity index (χ2n) is 4.49. The van der Waals surface area contributed by atoms with Crippen LogP contribution in [0, 0.1) is 0 Å². The Morgan fingerprint density at radius 3 is 2.57 bits per heavy atom. The Bertz CT molecular complexity index is 180. The minimum Gasteiger partial charge on any atom is -0.351 e. The highest BCUT2D eigenvalue weighted by atomic mass is 28.2. The lowest BCUT2D eigenvalue weighted by molar-refractivity contribution is -0.139. The van der Waals surface area contributed by atoms with Gasteiger partial charge in [-0.05, 0) is 26.8 Å².